The molecule has 9 heteroatoms. The van der Waals surface area contributed by atoms with Crippen molar-refractivity contribution in [3.63, 3.8) is 0 Å². The number of carbonyl (C=O) groups is 1. The molecule has 1 saturated heterocycles. The molecular formula is C20H19BrFN3O4. The Morgan fingerprint density at radius 2 is 2.17 bits per heavy atom. The molecule has 3 aromatic rings. The smallest absolute Gasteiger partial charge is 0.337 e. The lowest BCUT2D eigenvalue weighted by molar-refractivity contribution is -0.0590. The molecule has 0 unspecified atom stereocenters. The molecule has 4 rings (SSSR count). The number of benzene rings is 1. The van der Waals surface area contributed by atoms with E-state index in [9.17, 15) is 14.0 Å². The Hall–Kier alpha value is -2.52. The largest absolute Gasteiger partial charge is 0.465 e. The van der Waals surface area contributed by atoms with Gasteiger partial charge in [-0.3, -0.25) is 4.79 Å². The number of halogens is 2. The van der Waals surface area contributed by atoms with Crippen LogP contribution in [0.5, 0.6) is 0 Å². The average molecular weight is 464 g/mol. The number of imidazole rings is 1. The fraction of sp³-hybridized carbons (Fsp3) is 0.350. The van der Waals surface area contributed by atoms with Crippen LogP contribution in [0.3, 0.4) is 0 Å². The van der Waals surface area contributed by atoms with Crippen molar-refractivity contribution < 1.29 is 18.7 Å². The highest BCUT2D eigenvalue weighted by Crippen LogP contribution is 2.25. The van der Waals surface area contributed by atoms with Crippen molar-refractivity contribution in [1.82, 2.24) is 14.1 Å². The second-order valence-corrected chi connectivity index (χ2v) is 7.86. The van der Waals surface area contributed by atoms with Gasteiger partial charge in [0.05, 0.1) is 47.4 Å². The third kappa shape index (κ3) is 3.72. The number of pyridine rings is 1. The summed E-state index contributed by atoms with van der Waals surface area (Å²) in [5, 5.41) is 0. The molecule has 7 nitrogen and oxygen atoms in total. The van der Waals surface area contributed by atoms with E-state index in [0.29, 0.717) is 24.5 Å². The van der Waals surface area contributed by atoms with Crippen LogP contribution in [0.25, 0.3) is 11.0 Å². The number of esters is 1. The van der Waals surface area contributed by atoms with E-state index >= 15 is 0 Å². The summed E-state index contributed by atoms with van der Waals surface area (Å²) in [6.07, 6.45) is 2.11. The molecule has 0 bridgehead atoms. The van der Waals surface area contributed by atoms with E-state index in [2.05, 4.69) is 15.9 Å². The van der Waals surface area contributed by atoms with Crippen molar-refractivity contribution >= 4 is 32.9 Å². The van der Waals surface area contributed by atoms with Crippen molar-refractivity contribution in [3.05, 3.63) is 62.0 Å². The summed E-state index contributed by atoms with van der Waals surface area (Å²) in [6.45, 7) is 3.19. The molecule has 0 amide bonds. The molecule has 1 atom stereocenters. The molecule has 1 aliphatic rings. The summed E-state index contributed by atoms with van der Waals surface area (Å²) in [5.74, 6) is -0.376. The molecule has 3 heterocycles. The van der Waals surface area contributed by atoms with Gasteiger partial charge in [0.2, 0.25) is 0 Å². The number of hydrogen-bond acceptors (Lipinski definition) is 5. The number of hydrogen-bond donors (Lipinski definition) is 0. The SMILES string of the molecule is COC(=O)c1cc(C)c2nc(Cn3cc(F)c(Br)cc3=O)n(C[C@@H]3CCO3)c2c1. The fourth-order valence-corrected chi connectivity index (χ4v) is 3.73. The average Bonchev–Trinajstić information content (AvgIpc) is 2.99. The third-order valence-electron chi connectivity index (χ3n) is 5.07. The molecule has 0 saturated carbocycles. The van der Waals surface area contributed by atoms with Gasteiger partial charge in [-0.15, -0.1) is 0 Å². The summed E-state index contributed by atoms with van der Waals surface area (Å²) < 4.78 is 27.7. The Labute approximate surface area is 174 Å². The number of aromatic nitrogens is 3. The van der Waals surface area contributed by atoms with Crippen LogP contribution in [0.15, 0.2) is 33.7 Å². The summed E-state index contributed by atoms with van der Waals surface area (Å²) in [7, 11) is 1.33. The Kier molecular flexibility index (Phi) is 5.26. The van der Waals surface area contributed by atoms with E-state index in [1.165, 1.54) is 17.7 Å². The van der Waals surface area contributed by atoms with Gasteiger partial charge >= 0.3 is 5.97 Å². The van der Waals surface area contributed by atoms with Crippen LogP contribution < -0.4 is 5.56 Å². The van der Waals surface area contributed by atoms with Gasteiger partial charge in [0.25, 0.3) is 5.56 Å². The summed E-state index contributed by atoms with van der Waals surface area (Å²) >= 11 is 3.03. The molecule has 0 N–H and O–H groups in total. The maximum atomic E-state index is 14.0. The van der Waals surface area contributed by atoms with Crippen LogP contribution >= 0.6 is 15.9 Å². The van der Waals surface area contributed by atoms with Crippen molar-refractivity contribution in [1.29, 1.82) is 0 Å². The molecule has 0 aliphatic carbocycles. The van der Waals surface area contributed by atoms with Crippen LogP contribution in [0.1, 0.15) is 28.2 Å². The number of fused-ring (bicyclic) bond motifs is 1. The van der Waals surface area contributed by atoms with E-state index in [4.69, 9.17) is 14.5 Å². The first-order valence-corrected chi connectivity index (χ1v) is 9.92. The van der Waals surface area contributed by atoms with E-state index in [-0.39, 0.29) is 22.7 Å². The Bertz CT molecular complexity index is 1170. The van der Waals surface area contributed by atoms with E-state index in [1.54, 1.807) is 12.1 Å². The van der Waals surface area contributed by atoms with Gasteiger partial charge in [-0.05, 0) is 47.0 Å². The first-order chi connectivity index (χ1) is 13.9. The summed E-state index contributed by atoms with van der Waals surface area (Å²) in [6, 6.07) is 4.65. The molecular weight excluding hydrogens is 445 g/mol. The summed E-state index contributed by atoms with van der Waals surface area (Å²) in [5.41, 5.74) is 2.36. The molecule has 29 heavy (non-hydrogen) atoms. The van der Waals surface area contributed by atoms with E-state index in [0.717, 1.165) is 29.2 Å². The monoisotopic (exact) mass is 463 g/mol. The number of rotatable bonds is 5. The normalized spacial score (nSPS) is 16.1. The number of ether oxygens (including phenoxy) is 2. The maximum Gasteiger partial charge on any atom is 0.337 e. The predicted octanol–water partition coefficient (Wildman–Crippen LogP) is 3.03. The fourth-order valence-electron chi connectivity index (χ4n) is 3.43. The van der Waals surface area contributed by atoms with Crippen LogP contribution in [0.2, 0.25) is 0 Å². The zero-order valence-electron chi connectivity index (χ0n) is 15.9. The van der Waals surface area contributed by atoms with Gasteiger partial charge in [-0.1, -0.05) is 0 Å². The van der Waals surface area contributed by atoms with Gasteiger partial charge < -0.3 is 18.6 Å². The minimum atomic E-state index is -0.529. The van der Waals surface area contributed by atoms with Gasteiger partial charge in [0.1, 0.15) is 5.82 Å². The standard InChI is InChI=1S/C20H19BrFN3O4/c1-11-5-12(20(27)28-2)6-16-19(11)23-17(25(16)8-13-3-4-29-13)10-24-9-15(22)14(21)7-18(24)26/h5-7,9,13H,3-4,8,10H2,1-2H3/t13-/m0/s1. The number of aryl methyl sites for hydroxylation is 1. The summed E-state index contributed by atoms with van der Waals surface area (Å²) in [4.78, 5) is 29.1. The second-order valence-electron chi connectivity index (χ2n) is 7.01. The minimum Gasteiger partial charge on any atom is -0.465 e. The predicted molar refractivity (Wildman–Crippen MR) is 108 cm³/mol. The minimum absolute atomic E-state index is 0.0339. The number of nitrogens with zero attached hydrogens (tertiary/aromatic N) is 3. The number of carbonyl (C=O) groups excluding carboxylic acids is 1. The van der Waals surface area contributed by atoms with E-state index < -0.39 is 11.8 Å². The zero-order valence-corrected chi connectivity index (χ0v) is 17.5. The van der Waals surface area contributed by atoms with Crippen molar-refractivity contribution in [2.45, 2.75) is 32.5 Å². The molecule has 1 fully saturated rings. The van der Waals surface area contributed by atoms with E-state index in [1.807, 2.05) is 11.5 Å². The molecule has 2 aromatic heterocycles. The topological polar surface area (TPSA) is 75.4 Å². The lowest BCUT2D eigenvalue weighted by Crippen LogP contribution is -2.32. The zero-order chi connectivity index (χ0) is 20.7. The highest BCUT2D eigenvalue weighted by Gasteiger charge is 2.23. The highest BCUT2D eigenvalue weighted by molar-refractivity contribution is 9.10. The lowest BCUT2D eigenvalue weighted by Gasteiger charge is -2.27. The highest BCUT2D eigenvalue weighted by atomic mass is 79.9. The third-order valence-corrected chi connectivity index (χ3v) is 5.67. The molecule has 1 aromatic carbocycles. The molecule has 1 aliphatic heterocycles. The molecule has 0 spiro atoms. The lowest BCUT2D eigenvalue weighted by atomic mass is 10.1. The first-order valence-electron chi connectivity index (χ1n) is 9.12. The Balaban J connectivity index is 1.85. The maximum absolute atomic E-state index is 14.0. The molecule has 0 radical (unpaired) electrons. The van der Waals surface area contributed by atoms with Crippen molar-refractivity contribution in [2.75, 3.05) is 13.7 Å². The quantitative estimate of drug-likeness (QED) is 0.543. The van der Waals surface area contributed by atoms with Gasteiger partial charge in [0.15, 0.2) is 5.82 Å². The van der Waals surface area contributed by atoms with Crippen LogP contribution in [0.4, 0.5) is 4.39 Å². The second kappa shape index (κ2) is 7.72. The van der Waals surface area contributed by atoms with Crippen molar-refractivity contribution in [2.24, 2.45) is 0 Å². The van der Waals surface area contributed by atoms with Crippen LogP contribution in [-0.2, 0) is 22.6 Å². The Morgan fingerprint density at radius 1 is 1.41 bits per heavy atom. The van der Waals surface area contributed by atoms with Crippen LogP contribution in [0, 0.1) is 12.7 Å². The Morgan fingerprint density at radius 3 is 2.83 bits per heavy atom. The number of methoxy groups -OCH3 is 1. The van der Waals surface area contributed by atoms with Gasteiger partial charge in [-0.2, -0.15) is 0 Å². The molecule has 152 valence electrons. The van der Waals surface area contributed by atoms with Crippen LogP contribution in [-0.4, -0.2) is 39.9 Å². The van der Waals surface area contributed by atoms with Gasteiger partial charge in [-0.25, -0.2) is 14.2 Å². The van der Waals surface area contributed by atoms with Gasteiger partial charge in [0, 0.05) is 18.9 Å². The first kappa shape index (κ1) is 19.8. The van der Waals surface area contributed by atoms with Crippen molar-refractivity contribution in [3.8, 4) is 0 Å².